The molecule has 0 saturated carbocycles. The molecule has 1 aromatic heterocycles. The fourth-order valence-corrected chi connectivity index (χ4v) is 6.30. The van der Waals surface area contributed by atoms with E-state index >= 15 is 0 Å². The van der Waals surface area contributed by atoms with E-state index in [1.54, 1.807) is 0 Å². The zero-order chi connectivity index (χ0) is 35.7. The number of rotatable bonds is 14. The lowest BCUT2D eigenvalue weighted by Crippen LogP contribution is -2.12. The Kier molecular flexibility index (Phi) is 11.2. The molecule has 0 aliphatic carbocycles. The van der Waals surface area contributed by atoms with Crippen molar-refractivity contribution in [3.63, 3.8) is 0 Å². The van der Waals surface area contributed by atoms with Crippen molar-refractivity contribution in [3.05, 3.63) is 132 Å². The van der Waals surface area contributed by atoms with Gasteiger partial charge in [-0.15, -0.1) is 0 Å². The van der Waals surface area contributed by atoms with Gasteiger partial charge in [-0.05, 0) is 124 Å². The maximum absolute atomic E-state index is 6.15. The fourth-order valence-electron chi connectivity index (χ4n) is 6.30. The first-order valence-electron chi connectivity index (χ1n) is 17.8. The van der Waals surface area contributed by atoms with E-state index in [9.17, 15) is 0 Å². The Hall–Kier alpha value is -5.75. The quantitative estimate of drug-likeness (QED) is 0.114. The molecule has 0 bridgehead atoms. The first-order chi connectivity index (χ1) is 24.9. The minimum Gasteiger partial charge on any atom is -0.494 e. The van der Waals surface area contributed by atoms with E-state index in [4.69, 9.17) is 23.9 Å². The van der Waals surface area contributed by atoms with Crippen LogP contribution < -0.4 is 23.8 Å². The number of ether oxygens (including phenoxy) is 4. The molecule has 0 fully saturated rings. The van der Waals surface area contributed by atoms with Crippen molar-refractivity contribution in [3.8, 4) is 56.6 Å². The minimum atomic E-state index is 0.516. The summed E-state index contributed by atoms with van der Waals surface area (Å²) in [6.45, 7) is 14.4. The van der Waals surface area contributed by atoms with E-state index in [0.717, 1.165) is 73.7 Å². The number of hydrogen-bond acceptors (Lipinski definition) is 6. The molecule has 6 heteroatoms. The fraction of sp³-hybridized carbons (Fsp3) is 0.222. The third kappa shape index (κ3) is 7.86. The van der Waals surface area contributed by atoms with Gasteiger partial charge in [0.25, 0.3) is 0 Å². The molecule has 0 aliphatic heterocycles. The lowest BCUT2D eigenvalue weighted by molar-refractivity contribution is 0.323. The highest BCUT2D eigenvalue weighted by atomic mass is 16.5. The summed E-state index contributed by atoms with van der Waals surface area (Å²) in [6.07, 6.45) is 0. The van der Waals surface area contributed by atoms with Crippen molar-refractivity contribution in [2.24, 2.45) is 0 Å². The molecule has 0 amide bonds. The number of aryl methyl sites for hydroxylation is 2. The summed E-state index contributed by atoms with van der Waals surface area (Å²) in [7, 11) is 0. The third-order valence-corrected chi connectivity index (χ3v) is 8.68. The Labute approximate surface area is 302 Å². The van der Waals surface area contributed by atoms with Crippen molar-refractivity contribution in [2.45, 2.75) is 41.5 Å². The van der Waals surface area contributed by atoms with Crippen molar-refractivity contribution in [2.75, 3.05) is 31.3 Å². The number of anilines is 3. The van der Waals surface area contributed by atoms with Gasteiger partial charge in [0.1, 0.15) is 23.0 Å². The van der Waals surface area contributed by atoms with Crippen LogP contribution in [0.3, 0.4) is 0 Å². The van der Waals surface area contributed by atoms with Gasteiger partial charge >= 0.3 is 0 Å². The highest BCUT2D eigenvalue weighted by molar-refractivity contribution is 5.84. The summed E-state index contributed by atoms with van der Waals surface area (Å²) >= 11 is 0. The SMILES string of the molecule is CCOc1ccc(-c2cc(-c3ccc(N(c4ccccc4C)c4ccccc4C)cc3)cc(-c3ccc(OCC)cc3OCC)n2)c(OCC)c1. The van der Waals surface area contributed by atoms with Gasteiger partial charge in [0.2, 0.25) is 0 Å². The second-order valence-electron chi connectivity index (χ2n) is 12.1. The van der Waals surface area contributed by atoms with Crippen molar-refractivity contribution >= 4 is 17.1 Å². The molecule has 6 nitrogen and oxygen atoms in total. The zero-order valence-electron chi connectivity index (χ0n) is 30.4. The Morgan fingerprint density at radius 3 is 1.35 bits per heavy atom. The largest absolute Gasteiger partial charge is 0.494 e. The van der Waals surface area contributed by atoms with Crippen LogP contribution in [0.1, 0.15) is 38.8 Å². The molecular formula is C45H46N2O4. The number of pyridine rings is 1. The van der Waals surface area contributed by atoms with Crippen molar-refractivity contribution in [1.29, 1.82) is 0 Å². The lowest BCUT2D eigenvalue weighted by Gasteiger charge is -2.28. The highest BCUT2D eigenvalue weighted by Crippen LogP contribution is 2.42. The molecule has 260 valence electrons. The van der Waals surface area contributed by atoms with E-state index < -0.39 is 0 Å². The van der Waals surface area contributed by atoms with Crippen molar-refractivity contribution in [1.82, 2.24) is 4.98 Å². The molecule has 0 spiro atoms. The monoisotopic (exact) mass is 678 g/mol. The summed E-state index contributed by atoms with van der Waals surface area (Å²) in [4.78, 5) is 7.56. The standard InChI is InChI=1S/C45H46N2O4/c1-7-48-36-23-25-38(44(29-36)50-9-3)40-27-34(28-41(46-40)39-26-24-37(49-8-2)30-45(39)51-10-4)33-19-21-35(22-20-33)47(42-17-13-11-15-31(42)5)43-18-14-12-16-32(43)6/h11-30H,7-10H2,1-6H3. The minimum absolute atomic E-state index is 0.516. The Morgan fingerprint density at radius 1 is 0.471 bits per heavy atom. The van der Waals surface area contributed by atoms with Gasteiger partial charge in [-0.1, -0.05) is 48.5 Å². The zero-order valence-corrected chi connectivity index (χ0v) is 30.4. The molecule has 6 aromatic rings. The number of nitrogens with zero attached hydrogens (tertiary/aromatic N) is 2. The van der Waals surface area contributed by atoms with Gasteiger partial charge in [0.05, 0.1) is 37.8 Å². The van der Waals surface area contributed by atoms with Crippen LogP contribution in [0, 0.1) is 13.8 Å². The molecule has 0 atom stereocenters. The van der Waals surface area contributed by atoms with Crippen LogP contribution in [0.5, 0.6) is 23.0 Å². The van der Waals surface area contributed by atoms with Crippen molar-refractivity contribution < 1.29 is 18.9 Å². The predicted molar refractivity (Wildman–Crippen MR) is 209 cm³/mol. The number of benzene rings is 5. The molecule has 0 aliphatic rings. The van der Waals surface area contributed by atoms with Gasteiger partial charge < -0.3 is 23.8 Å². The third-order valence-electron chi connectivity index (χ3n) is 8.68. The van der Waals surface area contributed by atoms with Gasteiger partial charge in [-0.2, -0.15) is 0 Å². The molecule has 1 heterocycles. The highest BCUT2D eigenvalue weighted by Gasteiger charge is 2.19. The van der Waals surface area contributed by atoms with Crippen LogP contribution in [-0.2, 0) is 0 Å². The Bertz CT molecular complexity index is 1970. The first-order valence-corrected chi connectivity index (χ1v) is 17.8. The van der Waals surface area contributed by atoms with Crippen LogP contribution in [0.25, 0.3) is 33.6 Å². The summed E-state index contributed by atoms with van der Waals surface area (Å²) < 4.78 is 23.9. The Morgan fingerprint density at radius 2 is 0.922 bits per heavy atom. The molecule has 0 saturated heterocycles. The molecule has 0 N–H and O–H groups in total. The van der Waals surface area contributed by atoms with E-state index in [1.807, 2.05) is 64.1 Å². The summed E-state index contributed by atoms with van der Waals surface area (Å²) in [6, 6.07) is 41.9. The predicted octanol–water partition coefficient (Wildman–Crippen LogP) is 11.8. The van der Waals surface area contributed by atoms with E-state index in [2.05, 4.69) is 104 Å². The average molecular weight is 679 g/mol. The molecular weight excluding hydrogens is 633 g/mol. The molecule has 51 heavy (non-hydrogen) atoms. The summed E-state index contributed by atoms with van der Waals surface area (Å²) in [5, 5.41) is 0. The average Bonchev–Trinajstić information content (AvgIpc) is 3.14. The van der Waals surface area contributed by atoms with E-state index in [-0.39, 0.29) is 0 Å². The number of para-hydroxylation sites is 2. The van der Waals surface area contributed by atoms with Crippen LogP contribution in [0.15, 0.2) is 121 Å². The smallest absolute Gasteiger partial charge is 0.132 e. The van der Waals surface area contributed by atoms with Gasteiger partial charge in [0, 0.05) is 40.3 Å². The molecule has 6 rings (SSSR count). The maximum Gasteiger partial charge on any atom is 0.132 e. The van der Waals surface area contributed by atoms with Gasteiger partial charge in [0.15, 0.2) is 0 Å². The van der Waals surface area contributed by atoms with Crippen LogP contribution in [0.2, 0.25) is 0 Å². The van der Waals surface area contributed by atoms with Crippen LogP contribution in [0.4, 0.5) is 17.1 Å². The van der Waals surface area contributed by atoms with Crippen LogP contribution >= 0.6 is 0 Å². The molecule has 0 unspecified atom stereocenters. The normalized spacial score (nSPS) is 10.9. The van der Waals surface area contributed by atoms with Gasteiger partial charge in [-0.25, -0.2) is 4.98 Å². The Balaban J connectivity index is 1.51. The van der Waals surface area contributed by atoms with E-state index in [1.165, 1.54) is 11.1 Å². The second-order valence-corrected chi connectivity index (χ2v) is 12.1. The maximum atomic E-state index is 6.15. The topological polar surface area (TPSA) is 53.1 Å². The summed E-state index contributed by atoms with van der Waals surface area (Å²) in [5.41, 5.74) is 11.2. The summed E-state index contributed by atoms with van der Waals surface area (Å²) in [5.74, 6) is 2.96. The second kappa shape index (κ2) is 16.3. The molecule has 0 radical (unpaired) electrons. The molecule has 5 aromatic carbocycles. The first kappa shape index (κ1) is 35.1. The van der Waals surface area contributed by atoms with Gasteiger partial charge in [-0.3, -0.25) is 0 Å². The van der Waals surface area contributed by atoms with E-state index in [0.29, 0.717) is 26.4 Å². The lowest BCUT2D eigenvalue weighted by atomic mass is 9.98. The number of hydrogen-bond donors (Lipinski definition) is 0. The van der Waals surface area contributed by atoms with Crippen LogP contribution in [-0.4, -0.2) is 31.4 Å². The number of aromatic nitrogens is 1.